The fourth-order valence-corrected chi connectivity index (χ4v) is 2.78. The average Bonchev–Trinajstić information content (AvgIpc) is 2.74. The van der Waals surface area contributed by atoms with Crippen LogP contribution in [-0.2, 0) is 9.59 Å². The molecule has 2 amide bonds. The van der Waals surface area contributed by atoms with E-state index >= 15 is 0 Å². The molecule has 0 spiro atoms. The Balaban J connectivity index is 2.05. The van der Waals surface area contributed by atoms with Crippen LogP contribution in [0.25, 0.3) is 0 Å². The second-order valence-electron chi connectivity index (χ2n) is 5.12. The van der Waals surface area contributed by atoms with Crippen molar-refractivity contribution in [3.8, 4) is 0 Å². The SMILES string of the molecule is CC1=C(C)C(CCN2C(=O)C=CC2=O)C(C)=C1C. The van der Waals surface area contributed by atoms with E-state index in [1.165, 1.54) is 39.3 Å². The summed E-state index contributed by atoms with van der Waals surface area (Å²) in [5.74, 6) is 0.00983. The topological polar surface area (TPSA) is 37.4 Å². The van der Waals surface area contributed by atoms with E-state index in [2.05, 4.69) is 27.7 Å². The number of hydrogen-bond acceptors (Lipinski definition) is 2. The maximum Gasteiger partial charge on any atom is 0.253 e. The number of amides is 2. The molecule has 18 heavy (non-hydrogen) atoms. The third-order valence-corrected chi connectivity index (χ3v) is 4.33. The Hall–Kier alpha value is -1.64. The molecule has 0 aromatic heterocycles. The van der Waals surface area contributed by atoms with Crippen LogP contribution in [0.15, 0.2) is 34.4 Å². The van der Waals surface area contributed by atoms with Gasteiger partial charge in [0.2, 0.25) is 0 Å². The first-order valence-corrected chi connectivity index (χ1v) is 6.32. The zero-order valence-electron chi connectivity index (χ0n) is 11.4. The van der Waals surface area contributed by atoms with Gasteiger partial charge in [-0.2, -0.15) is 0 Å². The standard InChI is InChI=1S/C15H19NO2/c1-9-10(2)12(4)13(11(9)3)7-8-16-14(17)5-6-15(16)18/h5-6,13H,7-8H2,1-4H3. The van der Waals surface area contributed by atoms with Gasteiger partial charge in [-0.15, -0.1) is 0 Å². The van der Waals surface area contributed by atoms with Crippen molar-refractivity contribution in [1.29, 1.82) is 0 Å². The van der Waals surface area contributed by atoms with Crippen molar-refractivity contribution in [2.75, 3.05) is 6.54 Å². The van der Waals surface area contributed by atoms with Gasteiger partial charge in [0, 0.05) is 24.6 Å². The molecule has 0 fully saturated rings. The minimum Gasteiger partial charge on any atom is -0.275 e. The molecule has 0 bridgehead atoms. The first kappa shape index (κ1) is 12.8. The van der Waals surface area contributed by atoms with Crippen LogP contribution in [0.1, 0.15) is 34.1 Å². The summed E-state index contributed by atoms with van der Waals surface area (Å²) in [4.78, 5) is 24.3. The molecule has 0 aromatic rings. The summed E-state index contributed by atoms with van der Waals surface area (Å²) >= 11 is 0. The Morgan fingerprint density at radius 2 is 1.39 bits per heavy atom. The van der Waals surface area contributed by atoms with Crippen LogP contribution in [0.2, 0.25) is 0 Å². The molecule has 1 aliphatic carbocycles. The van der Waals surface area contributed by atoms with Gasteiger partial charge < -0.3 is 0 Å². The number of rotatable bonds is 3. The largest absolute Gasteiger partial charge is 0.275 e. The monoisotopic (exact) mass is 245 g/mol. The lowest BCUT2D eigenvalue weighted by atomic mass is 9.93. The van der Waals surface area contributed by atoms with E-state index in [-0.39, 0.29) is 11.8 Å². The van der Waals surface area contributed by atoms with Crippen molar-refractivity contribution in [2.45, 2.75) is 34.1 Å². The second kappa shape index (κ2) is 4.56. The van der Waals surface area contributed by atoms with Crippen LogP contribution in [0.3, 0.4) is 0 Å². The lowest BCUT2D eigenvalue weighted by Crippen LogP contribution is -2.32. The normalized spacial score (nSPS) is 21.0. The van der Waals surface area contributed by atoms with Crippen LogP contribution < -0.4 is 0 Å². The molecule has 0 atom stereocenters. The number of hydrogen-bond donors (Lipinski definition) is 0. The summed E-state index contributed by atoms with van der Waals surface area (Å²) in [6.45, 7) is 9.08. The second-order valence-corrected chi connectivity index (χ2v) is 5.12. The van der Waals surface area contributed by atoms with Crippen LogP contribution in [0.5, 0.6) is 0 Å². The summed E-state index contributed by atoms with van der Waals surface area (Å²) < 4.78 is 0. The highest BCUT2D eigenvalue weighted by Gasteiger charge is 2.28. The van der Waals surface area contributed by atoms with Crippen LogP contribution in [-0.4, -0.2) is 23.3 Å². The minimum atomic E-state index is -0.185. The zero-order valence-corrected chi connectivity index (χ0v) is 11.4. The molecular weight excluding hydrogens is 226 g/mol. The molecule has 0 aromatic carbocycles. The molecule has 2 aliphatic rings. The van der Waals surface area contributed by atoms with E-state index in [4.69, 9.17) is 0 Å². The fraction of sp³-hybridized carbons (Fsp3) is 0.467. The third-order valence-electron chi connectivity index (χ3n) is 4.33. The van der Waals surface area contributed by atoms with Crippen molar-refractivity contribution in [3.05, 3.63) is 34.4 Å². The molecule has 0 N–H and O–H groups in total. The molecule has 0 saturated carbocycles. The first-order valence-electron chi connectivity index (χ1n) is 6.32. The lowest BCUT2D eigenvalue weighted by molar-refractivity contribution is -0.136. The van der Waals surface area contributed by atoms with Crippen molar-refractivity contribution in [1.82, 2.24) is 4.90 Å². The van der Waals surface area contributed by atoms with E-state index in [1.807, 2.05) is 0 Å². The molecule has 3 nitrogen and oxygen atoms in total. The summed E-state index contributed by atoms with van der Waals surface area (Å²) in [5.41, 5.74) is 5.46. The van der Waals surface area contributed by atoms with Crippen molar-refractivity contribution >= 4 is 11.8 Å². The number of allylic oxidation sites excluding steroid dienone is 4. The predicted molar refractivity (Wildman–Crippen MR) is 70.7 cm³/mol. The number of nitrogens with zero attached hydrogens (tertiary/aromatic N) is 1. The lowest BCUT2D eigenvalue weighted by Gasteiger charge is -2.19. The minimum absolute atomic E-state index is 0.185. The summed E-state index contributed by atoms with van der Waals surface area (Å²) in [7, 11) is 0. The smallest absolute Gasteiger partial charge is 0.253 e. The van der Waals surface area contributed by atoms with Crippen LogP contribution >= 0.6 is 0 Å². The molecule has 96 valence electrons. The quantitative estimate of drug-likeness (QED) is 0.717. The van der Waals surface area contributed by atoms with Gasteiger partial charge in [-0.3, -0.25) is 14.5 Å². The number of carbonyl (C=O) groups excluding carboxylic acids is 2. The van der Waals surface area contributed by atoms with Gasteiger partial charge >= 0.3 is 0 Å². The maximum absolute atomic E-state index is 11.5. The summed E-state index contributed by atoms with van der Waals surface area (Å²) in [5, 5.41) is 0. The molecule has 0 saturated heterocycles. The molecule has 0 unspecified atom stereocenters. The van der Waals surface area contributed by atoms with Gasteiger partial charge in [-0.25, -0.2) is 0 Å². The number of imide groups is 1. The van der Waals surface area contributed by atoms with Crippen molar-refractivity contribution < 1.29 is 9.59 Å². The Kier molecular flexibility index (Phi) is 3.24. The third kappa shape index (κ3) is 1.94. The highest BCUT2D eigenvalue weighted by molar-refractivity contribution is 6.12. The highest BCUT2D eigenvalue weighted by atomic mass is 16.2. The van der Waals surface area contributed by atoms with Crippen LogP contribution in [0, 0.1) is 5.92 Å². The number of carbonyl (C=O) groups is 2. The van der Waals surface area contributed by atoms with E-state index in [1.54, 1.807) is 0 Å². The van der Waals surface area contributed by atoms with E-state index in [0.717, 1.165) is 6.42 Å². The van der Waals surface area contributed by atoms with Crippen molar-refractivity contribution in [3.63, 3.8) is 0 Å². The Morgan fingerprint density at radius 1 is 0.944 bits per heavy atom. The molecule has 1 heterocycles. The van der Waals surface area contributed by atoms with Gasteiger partial charge in [-0.05, 0) is 45.3 Å². The maximum atomic E-state index is 11.5. The Morgan fingerprint density at radius 3 is 1.83 bits per heavy atom. The van der Waals surface area contributed by atoms with E-state index in [9.17, 15) is 9.59 Å². The summed E-state index contributed by atoms with van der Waals surface area (Å²) in [6.07, 6.45) is 3.52. The first-order chi connectivity index (χ1) is 8.43. The molecule has 0 radical (unpaired) electrons. The van der Waals surface area contributed by atoms with Crippen LogP contribution in [0.4, 0.5) is 0 Å². The van der Waals surface area contributed by atoms with Gasteiger partial charge in [0.05, 0.1) is 0 Å². The van der Waals surface area contributed by atoms with Gasteiger partial charge in [0.1, 0.15) is 0 Å². The van der Waals surface area contributed by atoms with E-state index in [0.29, 0.717) is 12.5 Å². The molecule has 1 aliphatic heterocycles. The fourth-order valence-electron chi connectivity index (χ4n) is 2.78. The molecular formula is C15H19NO2. The Labute approximate surface area is 108 Å². The van der Waals surface area contributed by atoms with Crippen molar-refractivity contribution in [2.24, 2.45) is 5.92 Å². The van der Waals surface area contributed by atoms with Gasteiger partial charge in [-0.1, -0.05) is 11.1 Å². The Bertz CT molecular complexity index is 467. The highest BCUT2D eigenvalue weighted by Crippen LogP contribution is 2.38. The average molecular weight is 245 g/mol. The predicted octanol–water partition coefficient (Wildman–Crippen LogP) is 2.60. The van der Waals surface area contributed by atoms with Gasteiger partial charge in [0.25, 0.3) is 11.8 Å². The van der Waals surface area contributed by atoms with E-state index < -0.39 is 0 Å². The zero-order chi connectivity index (χ0) is 13.4. The molecule has 3 heteroatoms. The molecule has 2 rings (SSSR count). The summed E-state index contributed by atoms with van der Waals surface area (Å²) in [6, 6.07) is 0. The van der Waals surface area contributed by atoms with Gasteiger partial charge in [0.15, 0.2) is 0 Å².